The highest BCUT2D eigenvalue weighted by molar-refractivity contribution is 5.97. The van der Waals surface area contributed by atoms with E-state index >= 15 is 0 Å². The highest BCUT2D eigenvalue weighted by atomic mass is 16.5. The van der Waals surface area contributed by atoms with Crippen LogP contribution >= 0.6 is 0 Å². The summed E-state index contributed by atoms with van der Waals surface area (Å²) in [5, 5.41) is 4.16. The number of ether oxygens (including phenoxy) is 2. The van der Waals surface area contributed by atoms with Gasteiger partial charge in [-0.05, 0) is 43.4 Å². The Labute approximate surface area is 182 Å². The normalized spacial score (nSPS) is 16.2. The van der Waals surface area contributed by atoms with Crippen LogP contribution in [0.1, 0.15) is 34.7 Å². The predicted octanol–water partition coefficient (Wildman–Crippen LogP) is 4.16. The minimum atomic E-state index is -0.0495. The van der Waals surface area contributed by atoms with E-state index in [0.29, 0.717) is 48.3 Å². The van der Waals surface area contributed by atoms with Gasteiger partial charge in [-0.3, -0.25) is 4.79 Å². The lowest BCUT2D eigenvalue weighted by molar-refractivity contribution is 0.0664. The molecule has 1 aromatic heterocycles. The van der Waals surface area contributed by atoms with Gasteiger partial charge in [0.05, 0.1) is 19.8 Å². The summed E-state index contributed by atoms with van der Waals surface area (Å²) in [7, 11) is 3.12. The Morgan fingerprint density at radius 2 is 2.00 bits per heavy atom. The first-order chi connectivity index (χ1) is 15.1. The molecule has 1 aliphatic rings. The lowest BCUT2D eigenvalue weighted by Gasteiger charge is -2.32. The third-order valence-electron chi connectivity index (χ3n) is 5.76. The van der Waals surface area contributed by atoms with Crippen LogP contribution in [0.15, 0.2) is 47.0 Å². The molecule has 0 saturated carbocycles. The summed E-state index contributed by atoms with van der Waals surface area (Å²) in [6.45, 7) is 3.39. The molecule has 0 N–H and O–H groups in total. The summed E-state index contributed by atoms with van der Waals surface area (Å²) in [4.78, 5) is 19.7. The highest BCUT2D eigenvalue weighted by Gasteiger charge is 2.28. The lowest BCUT2D eigenvalue weighted by atomic mass is 9.94. The number of methoxy groups -OCH3 is 2. The molecule has 7 heteroatoms. The number of nitrogens with zero attached hydrogens (tertiary/aromatic N) is 3. The Kier molecular flexibility index (Phi) is 6.21. The number of aromatic nitrogens is 2. The standard InChI is InChI=1S/C24H27N3O4/c1-16-8-4-5-10-18(16)23-25-21(31-26-23)14-17-9-7-13-27(15-17)24(28)19-11-6-12-20(29-2)22(19)30-3/h4-6,8,10-12,17H,7,9,13-15H2,1-3H3. The van der Waals surface area contributed by atoms with Crippen LogP contribution in [0.3, 0.4) is 0 Å². The molecule has 1 atom stereocenters. The molecule has 1 saturated heterocycles. The van der Waals surface area contributed by atoms with Crippen LogP contribution < -0.4 is 9.47 Å². The third kappa shape index (κ3) is 4.40. The van der Waals surface area contributed by atoms with Crippen molar-refractivity contribution in [1.29, 1.82) is 0 Å². The van der Waals surface area contributed by atoms with E-state index in [0.717, 1.165) is 24.0 Å². The fourth-order valence-corrected chi connectivity index (χ4v) is 4.16. The molecular formula is C24H27N3O4. The number of carbonyl (C=O) groups excluding carboxylic acids is 1. The van der Waals surface area contributed by atoms with Gasteiger partial charge in [0, 0.05) is 25.1 Å². The van der Waals surface area contributed by atoms with Crippen molar-refractivity contribution >= 4 is 5.91 Å². The molecule has 1 unspecified atom stereocenters. The molecule has 0 aliphatic carbocycles. The number of carbonyl (C=O) groups is 1. The van der Waals surface area contributed by atoms with Crippen molar-refractivity contribution in [3.05, 3.63) is 59.5 Å². The van der Waals surface area contributed by atoms with Crippen LogP contribution in [0, 0.1) is 12.8 Å². The monoisotopic (exact) mass is 421 g/mol. The van der Waals surface area contributed by atoms with E-state index in [1.807, 2.05) is 42.2 Å². The van der Waals surface area contributed by atoms with Crippen LogP contribution in [0.5, 0.6) is 11.5 Å². The number of hydrogen-bond acceptors (Lipinski definition) is 6. The molecule has 1 fully saturated rings. The molecule has 7 nitrogen and oxygen atoms in total. The molecule has 1 aliphatic heterocycles. The maximum atomic E-state index is 13.2. The predicted molar refractivity (Wildman–Crippen MR) is 116 cm³/mol. The van der Waals surface area contributed by atoms with Gasteiger partial charge in [0.1, 0.15) is 0 Å². The van der Waals surface area contributed by atoms with Crippen molar-refractivity contribution in [2.24, 2.45) is 5.92 Å². The van der Waals surface area contributed by atoms with Gasteiger partial charge in [0.15, 0.2) is 11.5 Å². The lowest BCUT2D eigenvalue weighted by Crippen LogP contribution is -2.40. The Morgan fingerprint density at radius 3 is 2.77 bits per heavy atom. The first-order valence-corrected chi connectivity index (χ1v) is 10.5. The molecule has 162 valence electrons. The summed E-state index contributed by atoms with van der Waals surface area (Å²) in [5.74, 6) is 2.45. The second-order valence-corrected chi connectivity index (χ2v) is 7.83. The van der Waals surface area contributed by atoms with Crippen LogP contribution in [0.4, 0.5) is 0 Å². The first-order valence-electron chi connectivity index (χ1n) is 10.5. The van der Waals surface area contributed by atoms with E-state index in [2.05, 4.69) is 10.1 Å². The quantitative estimate of drug-likeness (QED) is 0.595. The van der Waals surface area contributed by atoms with Crippen LogP contribution in [0.2, 0.25) is 0 Å². The topological polar surface area (TPSA) is 77.7 Å². The van der Waals surface area contributed by atoms with E-state index in [1.165, 1.54) is 0 Å². The third-order valence-corrected chi connectivity index (χ3v) is 5.76. The number of piperidine rings is 1. The van der Waals surface area contributed by atoms with E-state index in [1.54, 1.807) is 26.4 Å². The van der Waals surface area contributed by atoms with Crippen molar-refractivity contribution in [3.63, 3.8) is 0 Å². The Morgan fingerprint density at radius 1 is 1.16 bits per heavy atom. The Hall–Kier alpha value is -3.35. The van der Waals surface area contributed by atoms with Crippen LogP contribution in [-0.2, 0) is 6.42 Å². The number of rotatable bonds is 6. The molecule has 0 radical (unpaired) electrons. The van der Waals surface area contributed by atoms with Gasteiger partial charge in [0.25, 0.3) is 5.91 Å². The first kappa shape index (κ1) is 20.9. The molecule has 0 spiro atoms. The average Bonchev–Trinajstić information content (AvgIpc) is 3.26. The number of likely N-dealkylation sites (tertiary alicyclic amines) is 1. The van der Waals surface area contributed by atoms with Crippen LogP contribution in [-0.4, -0.2) is 48.3 Å². The zero-order chi connectivity index (χ0) is 21.8. The summed E-state index contributed by atoms with van der Waals surface area (Å²) in [5.41, 5.74) is 2.60. The second kappa shape index (κ2) is 9.20. The summed E-state index contributed by atoms with van der Waals surface area (Å²) in [6.07, 6.45) is 2.60. The maximum Gasteiger partial charge on any atom is 0.257 e. The molecule has 4 rings (SSSR count). The number of aryl methyl sites for hydroxylation is 1. The molecule has 31 heavy (non-hydrogen) atoms. The van der Waals surface area contributed by atoms with Gasteiger partial charge in [-0.15, -0.1) is 0 Å². The average molecular weight is 421 g/mol. The molecule has 1 amide bonds. The number of benzene rings is 2. The number of para-hydroxylation sites is 1. The van der Waals surface area contributed by atoms with Gasteiger partial charge >= 0.3 is 0 Å². The van der Waals surface area contributed by atoms with Crippen molar-refractivity contribution < 1.29 is 18.8 Å². The van der Waals surface area contributed by atoms with Gasteiger partial charge in [-0.1, -0.05) is 35.5 Å². The largest absolute Gasteiger partial charge is 0.493 e. The maximum absolute atomic E-state index is 13.2. The summed E-state index contributed by atoms with van der Waals surface area (Å²) in [6, 6.07) is 13.4. The van der Waals surface area contributed by atoms with Gasteiger partial charge < -0.3 is 18.9 Å². The zero-order valence-electron chi connectivity index (χ0n) is 18.1. The zero-order valence-corrected chi connectivity index (χ0v) is 18.1. The van der Waals surface area contributed by atoms with Crippen molar-refractivity contribution in [3.8, 4) is 22.9 Å². The van der Waals surface area contributed by atoms with E-state index in [-0.39, 0.29) is 11.8 Å². The fourth-order valence-electron chi connectivity index (χ4n) is 4.16. The Balaban J connectivity index is 1.46. The number of hydrogen-bond donors (Lipinski definition) is 0. The highest BCUT2D eigenvalue weighted by Crippen LogP contribution is 2.32. The molecule has 2 heterocycles. The summed E-state index contributed by atoms with van der Waals surface area (Å²) >= 11 is 0. The Bertz CT molecular complexity index is 1060. The van der Waals surface area contributed by atoms with Crippen molar-refractivity contribution in [2.45, 2.75) is 26.2 Å². The van der Waals surface area contributed by atoms with Crippen molar-refractivity contribution in [1.82, 2.24) is 15.0 Å². The fraction of sp³-hybridized carbons (Fsp3) is 0.375. The second-order valence-electron chi connectivity index (χ2n) is 7.83. The van der Waals surface area contributed by atoms with Gasteiger partial charge in [0.2, 0.25) is 11.7 Å². The van der Waals surface area contributed by atoms with Gasteiger partial charge in [-0.25, -0.2) is 0 Å². The van der Waals surface area contributed by atoms with E-state index < -0.39 is 0 Å². The molecular weight excluding hydrogens is 394 g/mol. The van der Waals surface area contributed by atoms with E-state index in [4.69, 9.17) is 14.0 Å². The molecule has 3 aromatic rings. The van der Waals surface area contributed by atoms with Crippen LogP contribution in [0.25, 0.3) is 11.4 Å². The minimum absolute atomic E-state index is 0.0495. The smallest absolute Gasteiger partial charge is 0.257 e. The number of amides is 1. The molecule has 0 bridgehead atoms. The molecule has 2 aromatic carbocycles. The van der Waals surface area contributed by atoms with E-state index in [9.17, 15) is 4.79 Å². The minimum Gasteiger partial charge on any atom is -0.493 e. The SMILES string of the molecule is COc1cccc(C(=O)N2CCCC(Cc3nc(-c4ccccc4C)no3)C2)c1OC. The van der Waals surface area contributed by atoms with Gasteiger partial charge in [-0.2, -0.15) is 4.98 Å². The van der Waals surface area contributed by atoms with Crippen molar-refractivity contribution in [2.75, 3.05) is 27.3 Å². The summed E-state index contributed by atoms with van der Waals surface area (Å²) < 4.78 is 16.3.